The van der Waals surface area contributed by atoms with Crippen LogP contribution >= 0.6 is 0 Å². The summed E-state index contributed by atoms with van der Waals surface area (Å²) in [5.41, 5.74) is -0.677. The third kappa shape index (κ3) is 5.42. The van der Waals surface area contributed by atoms with E-state index in [-0.39, 0.29) is 17.7 Å². The van der Waals surface area contributed by atoms with E-state index in [2.05, 4.69) is 20.8 Å². The molecule has 0 saturated carbocycles. The van der Waals surface area contributed by atoms with E-state index in [9.17, 15) is 4.79 Å². The molecule has 102 valence electrons. The average molecular weight is 243 g/mol. The van der Waals surface area contributed by atoms with Crippen LogP contribution in [0.3, 0.4) is 0 Å². The van der Waals surface area contributed by atoms with Gasteiger partial charge in [-0.2, -0.15) is 0 Å². The summed E-state index contributed by atoms with van der Waals surface area (Å²) >= 11 is 0. The van der Waals surface area contributed by atoms with E-state index >= 15 is 0 Å². The molecule has 0 aromatic heterocycles. The summed E-state index contributed by atoms with van der Waals surface area (Å²) in [6.07, 6.45) is -0.230. The molecule has 0 N–H and O–H groups in total. The number of nitrogens with zero attached hydrogens (tertiary/aromatic N) is 1. The second-order valence-electron chi connectivity index (χ2n) is 7.01. The van der Waals surface area contributed by atoms with Crippen molar-refractivity contribution in [3.8, 4) is 0 Å². The minimum absolute atomic E-state index is 0.157. The number of carbonyl (C=O) groups excluding carboxylic acids is 1. The molecule has 0 aliphatic carbocycles. The van der Waals surface area contributed by atoms with Gasteiger partial charge in [-0.15, -0.1) is 0 Å². The fourth-order valence-corrected chi connectivity index (χ4v) is 1.66. The Bertz CT molecular complexity index is 258. The van der Waals surface area contributed by atoms with Crippen LogP contribution in [0.15, 0.2) is 0 Å². The smallest absolute Gasteiger partial charge is 0.410 e. The predicted octanol–water partition coefficient (Wildman–Crippen LogP) is 4.07. The fraction of sp³-hybridized carbons (Fsp3) is 0.929. The molecular formula is C14H29NO2. The van der Waals surface area contributed by atoms with Crippen LogP contribution < -0.4 is 0 Å². The van der Waals surface area contributed by atoms with Gasteiger partial charge >= 0.3 is 6.09 Å². The van der Waals surface area contributed by atoms with Crippen molar-refractivity contribution < 1.29 is 9.53 Å². The van der Waals surface area contributed by atoms with Crippen LogP contribution in [-0.2, 0) is 4.74 Å². The van der Waals surface area contributed by atoms with Crippen molar-refractivity contribution in [1.29, 1.82) is 0 Å². The summed E-state index contributed by atoms with van der Waals surface area (Å²) in [6.45, 7) is 18.1. The van der Waals surface area contributed by atoms with Crippen molar-refractivity contribution in [3.05, 3.63) is 0 Å². The number of hydrogen-bond acceptors (Lipinski definition) is 2. The summed E-state index contributed by atoms with van der Waals surface area (Å²) in [7, 11) is 0. The Hall–Kier alpha value is -0.730. The van der Waals surface area contributed by atoms with E-state index in [0.717, 1.165) is 0 Å². The third-order valence-corrected chi connectivity index (χ3v) is 2.68. The lowest BCUT2D eigenvalue weighted by Gasteiger charge is -2.42. The largest absolute Gasteiger partial charge is 0.444 e. The molecule has 0 fully saturated rings. The van der Waals surface area contributed by atoms with Crippen molar-refractivity contribution in [2.24, 2.45) is 5.92 Å². The molecule has 0 aromatic carbocycles. The first-order valence-electron chi connectivity index (χ1n) is 6.38. The Kier molecular flexibility index (Phi) is 5.05. The van der Waals surface area contributed by atoms with Crippen LogP contribution in [0.4, 0.5) is 4.79 Å². The van der Waals surface area contributed by atoms with E-state index in [1.165, 1.54) is 0 Å². The summed E-state index contributed by atoms with van der Waals surface area (Å²) < 4.78 is 5.48. The number of hydrogen-bond donors (Lipinski definition) is 0. The average Bonchev–Trinajstić information content (AvgIpc) is 1.96. The zero-order valence-corrected chi connectivity index (χ0v) is 12.9. The predicted molar refractivity (Wildman–Crippen MR) is 72.1 cm³/mol. The van der Waals surface area contributed by atoms with Gasteiger partial charge < -0.3 is 9.64 Å². The fourth-order valence-electron chi connectivity index (χ4n) is 1.66. The van der Waals surface area contributed by atoms with Gasteiger partial charge in [0.15, 0.2) is 0 Å². The Morgan fingerprint density at radius 1 is 1.00 bits per heavy atom. The van der Waals surface area contributed by atoms with Crippen LogP contribution in [0.25, 0.3) is 0 Å². The van der Waals surface area contributed by atoms with Crippen LogP contribution in [0.2, 0.25) is 0 Å². The molecule has 0 unspecified atom stereocenters. The van der Waals surface area contributed by atoms with Gasteiger partial charge in [0.1, 0.15) is 5.60 Å². The van der Waals surface area contributed by atoms with E-state index < -0.39 is 5.60 Å². The molecule has 0 aromatic rings. The third-order valence-electron chi connectivity index (χ3n) is 2.68. The maximum absolute atomic E-state index is 12.3. The minimum atomic E-state index is -0.447. The Balaban J connectivity index is 5.02. The molecule has 1 amide bonds. The minimum Gasteiger partial charge on any atom is -0.444 e. The molecule has 0 bridgehead atoms. The van der Waals surface area contributed by atoms with Crippen molar-refractivity contribution >= 4 is 6.09 Å². The standard InChI is InChI=1S/C14H29NO2/c1-10(2)11(3)15(13(4,5)6)12(16)17-14(7,8)9/h10-11H,1-9H3/t11-/m0/s1. The lowest BCUT2D eigenvalue weighted by atomic mass is 9.98. The van der Waals surface area contributed by atoms with E-state index in [1.54, 1.807) is 0 Å². The van der Waals surface area contributed by atoms with Crippen molar-refractivity contribution in [3.63, 3.8) is 0 Å². The van der Waals surface area contributed by atoms with Gasteiger partial charge in [0.25, 0.3) is 0 Å². The zero-order chi connectivity index (χ0) is 14.0. The first-order chi connectivity index (χ1) is 7.36. The molecule has 0 saturated heterocycles. The highest BCUT2D eigenvalue weighted by atomic mass is 16.6. The number of carbonyl (C=O) groups is 1. The molecule has 0 aliphatic heterocycles. The maximum atomic E-state index is 12.3. The number of ether oxygens (including phenoxy) is 1. The van der Waals surface area contributed by atoms with Gasteiger partial charge in [0.05, 0.1) is 0 Å². The molecule has 0 rings (SSSR count). The maximum Gasteiger partial charge on any atom is 0.410 e. The first kappa shape index (κ1) is 16.3. The lowest BCUT2D eigenvalue weighted by molar-refractivity contribution is -0.0114. The van der Waals surface area contributed by atoms with Gasteiger partial charge in [-0.3, -0.25) is 0 Å². The van der Waals surface area contributed by atoms with Gasteiger partial charge in [0, 0.05) is 11.6 Å². The topological polar surface area (TPSA) is 29.5 Å². The molecular weight excluding hydrogens is 214 g/mol. The van der Waals surface area contributed by atoms with Gasteiger partial charge in [-0.05, 0) is 54.4 Å². The molecule has 0 radical (unpaired) electrons. The molecule has 0 spiro atoms. The Labute approximate surface area is 107 Å². The highest BCUT2D eigenvalue weighted by Gasteiger charge is 2.35. The quantitative estimate of drug-likeness (QED) is 0.731. The molecule has 0 aliphatic rings. The first-order valence-corrected chi connectivity index (χ1v) is 6.38. The molecule has 3 heteroatoms. The molecule has 17 heavy (non-hydrogen) atoms. The van der Waals surface area contributed by atoms with Crippen molar-refractivity contribution in [2.75, 3.05) is 0 Å². The Morgan fingerprint density at radius 3 is 1.65 bits per heavy atom. The number of rotatable bonds is 2. The van der Waals surface area contributed by atoms with Gasteiger partial charge in [0.2, 0.25) is 0 Å². The molecule has 3 nitrogen and oxygen atoms in total. The van der Waals surface area contributed by atoms with Crippen LogP contribution in [0, 0.1) is 5.92 Å². The second kappa shape index (κ2) is 5.28. The normalized spacial score (nSPS) is 14.7. The monoisotopic (exact) mass is 243 g/mol. The lowest BCUT2D eigenvalue weighted by Crippen LogP contribution is -2.53. The van der Waals surface area contributed by atoms with E-state index in [1.807, 2.05) is 46.4 Å². The van der Waals surface area contributed by atoms with Crippen LogP contribution in [0.1, 0.15) is 62.3 Å². The summed E-state index contributed by atoms with van der Waals surface area (Å²) in [6, 6.07) is 0.157. The SMILES string of the molecule is CC(C)[C@H](C)N(C(=O)OC(C)(C)C)C(C)(C)C. The summed E-state index contributed by atoms with van der Waals surface area (Å²) in [4.78, 5) is 14.1. The number of amides is 1. The molecule has 0 heterocycles. The van der Waals surface area contributed by atoms with Crippen LogP contribution in [-0.4, -0.2) is 28.2 Å². The zero-order valence-electron chi connectivity index (χ0n) is 12.9. The Morgan fingerprint density at radius 2 is 1.41 bits per heavy atom. The van der Waals surface area contributed by atoms with Gasteiger partial charge in [-0.1, -0.05) is 13.8 Å². The van der Waals surface area contributed by atoms with Crippen LogP contribution in [0.5, 0.6) is 0 Å². The van der Waals surface area contributed by atoms with Crippen molar-refractivity contribution in [1.82, 2.24) is 4.90 Å². The second-order valence-corrected chi connectivity index (χ2v) is 7.01. The molecule has 1 atom stereocenters. The van der Waals surface area contributed by atoms with E-state index in [0.29, 0.717) is 5.92 Å². The highest BCUT2D eigenvalue weighted by molar-refractivity contribution is 5.69. The van der Waals surface area contributed by atoms with Gasteiger partial charge in [-0.25, -0.2) is 4.79 Å². The van der Waals surface area contributed by atoms with Crippen molar-refractivity contribution in [2.45, 2.75) is 79.5 Å². The highest BCUT2D eigenvalue weighted by Crippen LogP contribution is 2.24. The summed E-state index contributed by atoms with van der Waals surface area (Å²) in [5.74, 6) is 0.404. The summed E-state index contributed by atoms with van der Waals surface area (Å²) in [5, 5.41) is 0. The van der Waals surface area contributed by atoms with E-state index in [4.69, 9.17) is 4.74 Å².